The van der Waals surface area contributed by atoms with Gasteiger partial charge >= 0.3 is 0 Å². The van der Waals surface area contributed by atoms with Gasteiger partial charge in [0, 0.05) is 0 Å². The summed E-state index contributed by atoms with van der Waals surface area (Å²) in [5.41, 5.74) is 2.65. The van der Waals surface area contributed by atoms with Crippen molar-refractivity contribution >= 4 is 0 Å². The van der Waals surface area contributed by atoms with Crippen molar-refractivity contribution in [3.63, 3.8) is 0 Å². The Morgan fingerprint density at radius 3 is 2.67 bits per heavy atom. The first-order valence-electron chi connectivity index (χ1n) is 6.83. The number of methoxy groups -OCH3 is 1. The van der Waals surface area contributed by atoms with Crippen LogP contribution in [-0.4, -0.2) is 13.7 Å². The predicted octanol–water partition coefficient (Wildman–Crippen LogP) is 3.18. The molecule has 0 saturated heterocycles. The van der Waals surface area contributed by atoms with Crippen LogP contribution >= 0.6 is 0 Å². The Bertz CT molecular complexity index is 373. The first-order chi connectivity index (χ1) is 8.85. The average molecular weight is 249 g/mol. The summed E-state index contributed by atoms with van der Waals surface area (Å²) in [4.78, 5) is 4.66. The van der Waals surface area contributed by atoms with Gasteiger partial charge in [-0.25, -0.2) is 5.90 Å². The molecule has 3 nitrogen and oxygen atoms in total. The SMILES string of the molecule is COc1ccc(CCON)cc1C1CCCCC1. The van der Waals surface area contributed by atoms with Gasteiger partial charge in [0.25, 0.3) is 0 Å². The van der Waals surface area contributed by atoms with Crippen molar-refractivity contribution in [1.82, 2.24) is 0 Å². The summed E-state index contributed by atoms with van der Waals surface area (Å²) in [6.07, 6.45) is 7.48. The van der Waals surface area contributed by atoms with Crippen LogP contribution in [0.3, 0.4) is 0 Å². The summed E-state index contributed by atoms with van der Waals surface area (Å²) in [7, 11) is 1.75. The second kappa shape index (κ2) is 6.76. The molecule has 1 aromatic rings. The van der Waals surface area contributed by atoms with E-state index in [0.717, 1.165) is 12.2 Å². The van der Waals surface area contributed by atoms with E-state index < -0.39 is 0 Å². The molecule has 0 amide bonds. The van der Waals surface area contributed by atoms with Gasteiger partial charge in [-0.1, -0.05) is 31.4 Å². The van der Waals surface area contributed by atoms with Gasteiger partial charge in [0.2, 0.25) is 0 Å². The lowest BCUT2D eigenvalue weighted by Gasteiger charge is -2.24. The van der Waals surface area contributed by atoms with Crippen LogP contribution in [-0.2, 0) is 11.3 Å². The highest BCUT2D eigenvalue weighted by atomic mass is 16.6. The second-order valence-electron chi connectivity index (χ2n) is 5.03. The zero-order valence-corrected chi connectivity index (χ0v) is 11.2. The molecule has 1 aliphatic carbocycles. The van der Waals surface area contributed by atoms with Crippen LogP contribution in [0.2, 0.25) is 0 Å². The van der Waals surface area contributed by atoms with Crippen molar-refractivity contribution in [2.45, 2.75) is 44.4 Å². The molecule has 1 fully saturated rings. The van der Waals surface area contributed by atoms with Gasteiger partial charge in [-0.15, -0.1) is 0 Å². The zero-order chi connectivity index (χ0) is 12.8. The van der Waals surface area contributed by atoms with Crippen LogP contribution < -0.4 is 10.6 Å². The topological polar surface area (TPSA) is 44.5 Å². The third-order valence-corrected chi connectivity index (χ3v) is 3.85. The van der Waals surface area contributed by atoms with Gasteiger partial charge in [0.05, 0.1) is 13.7 Å². The fourth-order valence-corrected chi connectivity index (χ4v) is 2.85. The van der Waals surface area contributed by atoms with E-state index in [9.17, 15) is 0 Å². The van der Waals surface area contributed by atoms with E-state index in [1.165, 1.54) is 43.2 Å². The molecule has 0 spiro atoms. The molecular weight excluding hydrogens is 226 g/mol. The Kier molecular flexibility index (Phi) is 5.02. The van der Waals surface area contributed by atoms with E-state index in [1.54, 1.807) is 7.11 Å². The monoisotopic (exact) mass is 249 g/mol. The molecular formula is C15H23NO2. The fraction of sp³-hybridized carbons (Fsp3) is 0.600. The molecule has 3 heteroatoms. The van der Waals surface area contributed by atoms with Gasteiger partial charge in [-0.05, 0) is 42.4 Å². The van der Waals surface area contributed by atoms with Gasteiger partial charge in [0.1, 0.15) is 5.75 Å². The lowest BCUT2D eigenvalue weighted by molar-refractivity contribution is 0.141. The highest BCUT2D eigenvalue weighted by Crippen LogP contribution is 2.37. The molecule has 1 aliphatic rings. The van der Waals surface area contributed by atoms with Crippen LogP contribution in [0.5, 0.6) is 5.75 Å². The Balaban J connectivity index is 2.18. The van der Waals surface area contributed by atoms with Crippen molar-refractivity contribution in [1.29, 1.82) is 0 Å². The molecule has 0 bridgehead atoms. The minimum absolute atomic E-state index is 0.566. The van der Waals surface area contributed by atoms with E-state index in [1.807, 2.05) is 0 Å². The van der Waals surface area contributed by atoms with Crippen LogP contribution in [0, 0.1) is 0 Å². The minimum Gasteiger partial charge on any atom is -0.496 e. The summed E-state index contributed by atoms with van der Waals surface area (Å²) in [6, 6.07) is 6.45. The van der Waals surface area contributed by atoms with Gasteiger partial charge in [0.15, 0.2) is 0 Å². The standard InChI is InChI=1S/C15H23NO2/c1-17-15-8-7-12(9-10-18-16)11-14(15)13-5-3-2-4-6-13/h7-8,11,13H,2-6,9-10,16H2,1H3. The maximum atomic E-state index is 5.50. The Labute approximate surface area is 109 Å². The summed E-state index contributed by atoms with van der Waals surface area (Å²) in [5.74, 6) is 6.78. The fourth-order valence-electron chi connectivity index (χ4n) is 2.85. The highest BCUT2D eigenvalue weighted by Gasteiger charge is 2.19. The third-order valence-electron chi connectivity index (χ3n) is 3.85. The van der Waals surface area contributed by atoms with Crippen LogP contribution in [0.15, 0.2) is 18.2 Å². The maximum absolute atomic E-state index is 5.50. The van der Waals surface area contributed by atoms with Crippen LogP contribution in [0.1, 0.15) is 49.1 Å². The largest absolute Gasteiger partial charge is 0.496 e. The Hall–Kier alpha value is -1.06. The molecule has 0 radical (unpaired) electrons. The first kappa shape index (κ1) is 13.4. The Morgan fingerprint density at radius 2 is 2.00 bits per heavy atom. The lowest BCUT2D eigenvalue weighted by Crippen LogP contribution is -2.08. The Morgan fingerprint density at radius 1 is 1.22 bits per heavy atom. The predicted molar refractivity (Wildman–Crippen MR) is 72.7 cm³/mol. The van der Waals surface area contributed by atoms with Crippen molar-refractivity contribution in [2.75, 3.05) is 13.7 Å². The molecule has 0 heterocycles. The quantitative estimate of drug-likeness (QED) is 0.815. The van der Waals surface area contributed by atoms with Crippen molar-refractivity contribution in [3.8, 4) is 5.75 Å². The number of benzene rings is 1. The normalized spacial score (nSPS) is 16.8. The molecule has 18 heavy (non-hydrogen) atoms. The molecule has 0 atom stereocenters. The average Bonchev–Trinajstić information content (AvgIpc) is 2.45. The smallest absolute Gasteiger partial charge is 0.122 e. The summed E-state index contributed by atoms with van der Waals surface area (Å²) >= 11 is 0. The van der Waals surface area contributed by atoms with Crippen molar-refractivity contribution in [3.05, 3.63) is 29.3 Å². The third kappa shape index (κ3) is 3.24. The van der Waals surface area contributed by atoms with E-state index >= 15 is 0 Å². The lowest BCUT2D eigenvalue weighted by atomic mass is 9.83. The first-order valence-corrected chi connectivity index (χ1v) is 6.83. The zero-order valence-electron chi connectivity index (χ0n) is 11.2. The number of rotatable bonds is 5. The van der Waals surface area contributed by atoms with Crippen LogP contribution in [0.4, 0.5) is 0 Å². The minimum atomic E-state index is 0.566. The molecule has 2 rings (SSSR count). The number of ether oxygens (including phenoxy) is 1. The molecule has 1 saturated carbocycles. The molecule has 1 aromatic carbocycles. The van der Waals surface area contributed by atoms with E-state index in [2.05, 4.69) is 23.0 Å². The van der Waals surface area contributed by atoms with E-state index in [0.29, 0.717) is 12.5 Å². The molecule has 0 aliphatic heterocycles. The van der Waals surface area contributed by atoms with Crippen molar-refractivity contribution in [2.24, 2.45) is 5.90 Å². The van der Waals surface area contributed by atoms with E-state index in [-0.39, 0.29) is 0 Å². The van der Waals surface area contributed by atoms with Gasteiger partial charge in [-0.3, -0.25) is 0 Å². The number of hydrogen-bond donors (Lipinski definition) is 1. The summed E-state index contributed by atoms with van der Waals surface area (Å²) < 4.78 is 5.50. The number of hydrogen-bond acceptors (Lipinski definition) is 3. The molecule has 0 unspecified atom stereocenters. The highest BCUT2D eigenvalue weighted by molar-refractivity contribution is 5.40. The van der Waals surface area contributed by atoms with Gasteiger partial charge < -0.3 is 9.57 Å². The van der Waals surface area contributed by atoms with E-state index in [4.69, 9.17) is 10.6 Å². The molecule has 0 aromatic heterocycles. The molecule has 2 N–H and O–H groups in total. The van der Waals surface area contributed by atoms with Crippen LogP contribution in [0.25, 0.3) is 0 Å². The van der Waals surface area contributed by atoms with Crippen molar-refractivity contribution < 1.29 is 9.57 Å². The summed E-state index contributed by atoms with van der Waals surface area (Å²) in [6.45, 7) is 0.566. The second-order valence-corrected chi connectivity index (χ2v) is 5.03. The number of nitrogens with two attached hydrogens (primary N) is 1. The molecule has 100 valence electrons. The maximum Gasteiger partial charge on any atom is 0.122 e. The summed E-state index contributed by atoms with van der Waals surface area (Å²) in [5, 5.41) is 0. The van der Waals surface area contributed by atoms with Gasteiger partial charge in [-0.2, -0.15) is 0 Å².